The second kappa shape index (κ2) is 6.47. The van der Waals surface area contributed by atoms with Crippen LogP contribution in [0, 0.1) is 24.4 Å². The van der Waals surface area contributed by atoms with Gasteiger partial charge < -0.3 is 0 Å². The minimum Gasteiger partial charge on any atom is -0.271 e. The molecule has 2 aromatic rings. The number of hydrazine groups is 1. The smallest absolute Gasteiger partial charge is 0.163 e. The van der Waals surface area contributed by atoms with Crippen LogP contribution in [0.4, 0.5) is 13.2 Å². The van der Waals surface area contributed by atoms with Gasteiger partial charge in [-0.2, -0.15) is 0 Å². The third-order valence-electron chi connectivity index (χ3n) is 3.34. The van der Waals surface area contributed by atoms with E-state index in [4.69, 9.17) is 17.4 Å². The van der Waals surface area contributed by atoms with Gasteiger partial charge in [0.2, 0.25) is 0 Å². The van der Waals surface area contributed by atoms with Crippen molar-refractivity contribution in [1.29, 1.82) is 0 Å². The van der Waals surface area contributed by atoms with Crippen LogP contribution in [0.1, 0.15) is 22.7 Å². The molecule has 1 atom stereocenters. The molecule has 0 spiro atoms. The van der Waals surface area contributed by atoms with Gasteiger partial charge in [-0.05, 0) is 30.5 Å². The molecule has 0 saturated carbocycles. The zero-order valence-electron chi connectivity index (χ0n) is 11.3. The van der Waals surface area contributed by atoms with Crippen molar-refractivity contribution in [3.05, 3.63) is 69.5 Å². The molecule has 0 saturated heterocycles. The first kappa shape index (κ1) is 15.8. The lowest BCUT2D eigenvalue weighted by Gasteiger charge is -2.18. The number of aryl methyl sites for hydroxylation is 1. The molecule has 0 bridgehead atoms. The number of hydrogen-bond acceptors (Lipinski definition) is 2. The summed E-state index contributed by atoms with van der Waals surface area (Å²) in [5.74, 6) is 2.90. The molecule has 0 heterocycles. The van der Waals surface area contributed by atoms with Crippen LogP contribution in [-0.4, -0.2) is 0 Å². The summed E-state index contributed by atoms with van der Waals surface area (Å²) in [7, 11) is 0. The minimum atomic E-state index is -0.986. The topological polar surface area (TPSA) is 38.0 Å². The van der Waals surface area contributed by atoms with Gasteiger partial charge in [-0.1, -0.05) is 35.9 Å². The van der Waals surface area contributed by atoms with E-state index in [1.807, 2.05) is 0 Å². The molecule has 112 valence electrons. The molecule has 2 aromatic carbocycles. The summed E-state index contributed by atoms with van der Waals surface area (Å²) in [5.41, 5.74) is 2.89. The number of rotatable bonds is 4. The standard InChI is InChI=1S/C15H14ClF3N2/c1-8-5-6-10(15(19)13(8)17)12(21-20)7-9-3-2-4-11(16)14(9)18/h2-6,12,21H,7,20H2,1H3. The van der Waals surface area contributed by atoms with Crippen LogP contribution in [0.15, 0.2) is 30.3 Å². The van der Waals surface area contributed by atoms with E-state index in [1.54, 1.807) is 6.07 Å². The van der Waals surface area contributed by atoms with Gasteiger partial charge in [0.25, 0.3) is 0 Å². The summed E-state index contributed by atoms with van der Waals surface area (Å²) >= 11 is 5.70. The summed E-state index contributed by atoms with van der Waals surface area (Å²) in [6.45, 7) is 1.46. The van der Waals surface area contributed by atoms with Crippen molar-refractivity contribution in [3.63, 3.8) is 0 Å². The Bertz CT molecular complexity index is 662. The molecule has 2 nitrogen and oxygen atoms in total. The van der Waals surface area contributed by atoms with Gasteiger partial charge in [0, 0.05) is 5.56 Å². The molecule has 0 aromatic heterocycles. The number of halogens is 4. The fraction of sp³-hybridized carbons (Fsp3) is 0.200. The van der Waals surface area contributed by atoms with Gasteiger partial charge in [-0.25, -0.2) is 13.2 Å². The van der Waals surface area contributed by atoms with Gasteiger partial charge in [0.15, 0.2) is 11.6 Å². The van der Waals surface area contributed by atoms with Crippen molar-refractivity contribution in [3.8, 4) is 0 Å². The monoisotopic (exact) mass is 314 g/mol. The van der Waals surface area contributed by atoms with E-state index in [0.717, 1.165) is 0 Å². The van der Waals surface area contributed by atoms with Crippen LogP contribution in [0.2, 0.25) is 5.02 Å². The van der Waals surface area contributed by atoms with E-state index < -0.39 is 23.5 Å². The first-order valence-corrected chi connectivity index (χ1v) is 6.67. The zero-order valence-corrected chi connectivity index (χ0v) is 12.0. The Balaban J connectivity index is 2.37. The highest BCUT2D eigenvalue weighted by Gasteiger charge is 2.20. The molecule has 6 heteroatoms. The summed E-state index contributed by atoms with van der Waals surface area (Å²) in [6, 6.07) is 6.63. The van der Waals surface area contributed by atoms with Crippen molar-refractivity contribution in [1.82, 2.24) is 5.43 Å². The van der Waals surface area contributed by atoms with Crippen LogP contribution >= 0.6 is 11.6 Å². The third-order valence-corrected chi connectivity index (χ3v) is 3.63. The van der Waals surface area contributed by atoms with Gasteiger partial charge in [0.1, 0.15) is 5.82 Å². The number of hydrogen-bond donors (Lipinski definition) is 2. The predicted molar refractivity (Wildman–Crippen MR) is 76.3 cm³/mol. The lowest BCUT2D eigenvalue weighted by molar-refractivity contribution is 0.457. The maximum atomic E-state index is 14.0. The molecule has 2 rings (SSSR count). The van der Waals surface area contributed by atoms with E-state index >= 15 is 0 Å². The number of benzene rings is 2. The second-order valence-electron chi connectivity index (χ2n) is 4.74. The summed E-state index contributed by atoms with van der Waals surface area (Å²) in [4.78, 5) is 0. The van der Waals surface area contributed by atoms with Gasteiger partial charge >= 0.3 is 0 Å². The Morgan fingerprint density at radius 2 is 1.81 bits per heavy atom. The molecule has 3 N–H and O–H groups in total. The molecule has 0 amide bonds. The highest BCUT2D eigenvalue weighted by molar-refractivity contribution is 6.30. The van der Waals surface area contributed by atoms with Crippen molar-refractivity contribution in [2.24, 2.45) is 5.84 Å². The second-order valence-corrected chi connectivity index (χ2v) is 5.14. The molecule has 0 aliphatic rings. The minimum absolute atomic E-state index is 0.0289. The average molecular weight is 315 g/mol. The molecule has 1 unspecified atom stereocenters. The fourth-order valence-electron chi connectivity index (χ4n) is 2.11. The third kappa shape index (κ3) is 3.20. The Morgan fingerprint density at radius 1 is 1.10 bits per heavy atom. The molecule has 0 fully saturated rings. The van der Waals surface area contributed by atoms with Crippen molar-refractivity contribution in [2.75, 3.05) is 0 Å². The maximum Gasteiger partial charge on any atom is 0.163 e. The van der Waals surface area contributed by atoms with Crippen LogP contribution in [-0.2, 0) is 6.42 Å². The Kier molecular flexibility index (Phi) is 4.88. The van der Waals surface area contributed by atoms with E-state index in [0.29, 0.717) is 0 Å². The van der Waals surface area contributed by atoms with E-state index in [1.165, 1.54) is 31.2 Å². The van der Waals surface area contributed by atoms with E-state index in [9.17, 15) is 13.2 Å². The summed E-state index contributed by atoms with van der Waals surface area (Å²) < 4.78 is 41.5. The maximum absolute atomic E-state index is 14.0. The largest absolute Gasteiger partial charge is 0.271 e. The highest BCUT2D eigenvalue weighted by atomic mass is 35.5. The fourth-order valence-corrected chi connectivity index (χ4v) is 2.31. The van der Waals surface area contributed by atoms with Gasteiger partial charge in [0.05, 0.1) is 11.1 Å². The molecular formula is C15H14ClF3N2. The first-order valence-electron chi connectivity index (χ1n) is 6.29. The first-order chi connectivity index (χ1) is 9.95. The van der Waals surface area contributed by atoms with Crippen molar-refractivity contribution >= 4 is 11.6 Å². The normalized spacial score (nSPS) is 12.5. The number of nitrogens with two attached hydrogens (primary N) is 1. The Labute approximate surface area is 125 Å². The van der Waals surface area contributed by atoms with Crippen molar-refractivity contribution < 1.29 is 13.2 Å². The van der Waals surface area contributed by atoms with Crippen LogP contribution in [0.5, 0.6) is 0 Å². The lowest BCUT2D eigenvalue weighted by Crippen LogP contribution is -2.30. The van der Waals surface area contributed by atoms with Crippen molar-refractivity contribution in [2.45, 2.75) is 19.4 Å². The summed E-state index contributed by atoms with van der Waals surface area (Å²) in [5, 5.41) is -0.0289. The Morgan fingerprint density at radius 3 is 2.48 bits per heavy atom. The van der Waals surface area contributed by atoms with Gasteiger partial charge in [-0.3, -0.25) is 11.3 Å². The van der Waals surface area contributed by atoms with Crippen LogP contribution in [0.25, 0.3) is 0 Å². The highest BCUT2D eigenvalue weighted by Crippen LogP contribution is 2.26. The molecule has 0 aliphatic heterocycles. The molecule has 21 heavy (non-hydrogen) atoms. The van der Waals surface area contributed by atoms with E-state index in [-0.39, 0.29) is 28.1 Å². The zero-order chi connectivity index (χ0) is 15.6. The van der Waals surface area contributed by atoms with E-state index in [2.05, 4.69) is 5.43 Å². The average Bonchev–Trinajstić information content (AvgIpc) is 2.47. The molecular weight excluding hydrogens is 301 g/mol. The lowest BCUT2D eigenvalue weighted by atomic mass is 9.97. The van der Waals surface area contributed by atoms with Crippen LogP contribution < -0.4 is 11.3 Å². The number of nitrogens with one attached hydrogen (secondary N) is 1. The van der Waals surface area contributed by atoms with Gasteiger partial charge in [-0.15, -0.1) is 0 Å². The molecule has 0 aliphatic carbocycles. The SMILES string of the molecule is Cc1ccc(C(Cc2cccc(Cl)c2F)NN)c(F)c1F. The molecule has 0 radical (unpaired) electrons. The predicted octanol–water partition coefficient (Wildman–Crippen LogP) is 3.81. The summed E-state index contributed by atoms with van der Waals surface area (Å²) in [6.07, 6.45) is 0.0440. The van der Waals surface area contributed by atoms with Crippen LogP contribution in [0.3, 0.4) is 0 Å². The quantitative estimate of drug-likeness (QED) is 0.665. The Hall–Kier alpha value is -1.56.